The van der Waals surface area contributed by atoms with Crippen molar-refractivity contribution in [2.45, 2.75) is 45.1 Å². The van der Waals surface area contributed by atoms with Gasteiger partial charge in [-0.25, -0.2) is 9.97 Å². The molecule has 0 spiro atoms. The van der Waals surface area contributed by atoms with Crippen LogP contribution in [-0.2, 0) is 10.3 Å². The summed E-state index contributed by atoms with van der Waals surface area (Å²) in [6.07, 6.45) is 2.02. The Hall–Kier alpha value is 0.0600. The molecule has 0 bridgehead atoms. The molecule has 1 fully saturated rings. The Morgan fingerprint density at radius 3 is 2.65 bits per heavy atom. The maximum atomic E-state index is 6.19. The van der Waals surface area contributed by atoms with E-state index in [4.69, 9.17) is 16.3 Å². The van der Waals surface area contributed by atoms with Crippen LogP contribution in [0.25, 0.3) is 0 Å². The summed E-state index contributed by atoms with van der Waals surface area (Å²) in [6.45, 7) is 7.05. The molecular weight excluding hydrogens is 351 g/mol. The molecule has 1 saturated heterocycles. The molecule has 0 saturated carbocycles. The molecule has 5 heteroatoms. The molecule has 1 aliphatic rings. The second-order valence-electron chi connectivity index (χ2n) is 4.87. The third-order valence-electron chi connectivity index (χ3n) is 3.08. The van der Waals surface area contributed by atoms with Gasteiger partial charge in [-0.05, 0) is 48.3 Å². The van der Waals surface area contributed by atoms with Crippen molar-refractivity contribution in [2.75, 3.05) is 6.61 Å². The highest BCUT2D eigenvalue weighted by Gasteiger charge is 2.35. The van der Waals surface area contributed by atoms with Crippen LogP contribution in [0.1, 0.15) is 51.0 Å². The zero-order chi connectivity index (χ0) is 12.6. The molecule has 1 aliphatic heterocycles. The van der Waals surface area contributed by atoms with Crippen molar-refractivity contribution in [3.63, 3.8) is 0 Å². The first-order chi connectivity index (χ1) is 7.94. The second kappa shape index (κ2) is 4.97. The number of rotatable bonds is 2. The van der Waals surface area contributed by atoms with E-state index < -0.39 is 0 Å². The summed E-state index contributed by atoms with van der Waals surface area (Å²) in [4.78, 5) is 9.05. The smallest absolute Gasteiger partial charge is 0.162 e. The minimum absolute atomic E-state index is 0.339. The van der Waals surface area contributed by atoms with Gasteiger partial charge in [0.1, 0.15) is 10.8 Å². The highest BCUT2D eigenvalue weighted by molar-refractivity contribution is 14.1. The van der Waals surface area contributed by atoms with Crippen LogP contribution in [0.4, 0.5) is 0 Å². The largest absolute Gasteiger partial charge is 0.367 e. The van der Waals surface area contributed by atoms with Crippen molar-refractivity contribution in [3.05, 3.63) is 20.2 Å². The van der Waals surface area contributed by atoms with E-state index in [1.807, 2.05) is 6.92 Å². The SMILES string of the molecule is CC(C)c1nc(C2(C)CCCO2)nc(Cl)c1I. The lowest BCUT2D eigenvalue weighted by molar-refractivity contribution is 0.00908. The highest BCUT2D eigenvalue weighted by Crippen LogP contribution is 2.36. The van der Waals surface area contributed by atoms with Crippen molar-refractivity contribution >= 4 is 34.2 Å². The van der Waals surface area contributed by atoms with E-state index in [2.05, 4.69) is 46.4 Å². The zero-order valence-electron chi connectivity index (χ0n) is 10.3. The monoisotopic (exact) mass is 366 g/mol. The van der Waals surface area contributed by atoms with Crippen LogP contribution < -0.4 is 0 Å². The number of nitrogens with zero attached hydrogens (tertiary/aromatic N) is 2. The summed E-state index contributed by atoms with van der Waals surface area (Å²) < 4.78 is 6.72. The Labute approximate surface area is 120 Å². The van der Waals surface area contributed by atoms with Gasteiger partial charge in [-0.2, -0.15) is 0 Å². The molecule has 1 unspecified atom stereocenters. The summed E-state index contributed by atoms with van der Waals surface area (Å²) in [6, 6.07) is 0. The standard InChI is InChI=1S/C12H16ClIN2O/c1-7(2)9-8(14)10(13)16-11(15-9)12(3)5-4-6-17-12/h7H,4-6H2,1-3H3. The molecule has 94 valence electrons. The second-order valence-corrected chi connectivity index (χ2v) is 6.31. The molecule has 0 aliphatic carbocycles. The lowest BCUT2D eigenvalue weighted by Gasteiger charge is -2.23. The molecular formula is C12H16ClIN2O. The number of halogens is 2. The van der Waals surface area contributed by atoms with Gasteiger partial charge in [0.2, 0.25) is 0 Å². The predicted molar refractivity (Wildman–Crippen MR) is 76.4 cm³/mol. The van der Waals surface area contributed by atoms with E-state index in [1.54, 1.807) is 0 Å². The van der Waals surface area contributed by atoms with Gasteiger partial charge >= 0.3 is 0 Å². The van der Waals surface area contributed by atoms with Gasteiger partial charge < -0.3 is 4.74 Å². The van der Waals surface area contributed by atoms with Crippen molar-refractivity contribution in [1.29, 1.82) is 0 Å². The fourth-order valence-corrected chi connectivity index (χ4v) is 3.05. The fraction of sp³-hybridized carbons (Fsp3) is 0.667. The van der Waals surface area contributed by atoms with Gasteiger partial charge in [0.05, 0.1) is 9.26 Å². The van der Waals surface area contributed by atoms with Crippen LogP contribution >= 0.6 is 34.2 Å². The number of aromatic nitrogens is 2. The van der Waals surface area contributed by atoms with Gasteiger partial charge in [-0.15, -0.1) is 0 Å². The maximum absolute atomic E-state index is 6.19. The number of ether oxygens (including phenoxy) is 1. The van der Waals surface area contributed by atoms with Crippen LogP contribution in [0.2, 0.25) is 5.15 Å². The van der Waals surface area contributed by atoms with Gasteiger partial charge in [0.25, 0.3) is 0 Å². The normalized spacial score (nSPS) is 24.6. The average Bonchev–Trinajstić information content (AvgIpc) is 2.69. The van der Waals surface area contributed by atoms with E-state index in [0.717, 1.165) is 34.5 Å². The minimum atomic E-state index is -0.363. The Morgan fingerprint density at radius 2 is 2.12 bits per heavy atom. The first kappa shape index (κ1) is 13.5. The molecule has 1 atom stereocenters. The average molecular weight is 367 g/mol. The van der Waals surface area contributed by atoms with E-state index >= 15 is 0 Å². The number of hydrogen-bond acceptors (Lipinski definition) is 3. The van der Waals surface area contributed by atoms with E-state index in [1.165, 1.54) is 0 Å². The van der Waals surface area contributed by atoms with Gasteiger partial charge in [-0.3, -0.25) is 0 Å². The fourth-order valence-electron chi connectivity index (χ4n) is 2.01. The quantitative estimate of drug-likeness (QED) is 0.588. The first-order valence-corrected chi connectivity index (χ1v) is 7.27. The topological polar surface area (TPSA) is 35.0 Å². The van der Waals surface area contributed by atoms with Crippen LogP contribution in [0, 0.1) is 3.57 Å². The van der Waals surface area contributed by atoms with Crippen LogP contribution in [0.15, 0.2) is 0 Å². The molecule has 17 heavy (non-hydrogen) atoms. The van der Waals surface area contributed by atoms with Gasteiger partial charge in [0, 0.05) is 6.61 Å². The Balaban J connectivity index is 2.49. The van der Waals surface area contributed by atoms with E-state index in [9.17, 15) is 0 Å². The lowest BCUT2D eigenvalue weighted by atomic mass is 10.0. The molecule has 1 aromatic rings. The molecule has 3 nitrogen and oxygen atoms in total. The Kier molecular flexibility index (Phi) is 3.95. The molecule has 2 heterocycles. The van der Waals surface area contributed by atoms with Crippen molar-refractivity contribution < 1.29 is 4.74 Å². The molecule has 2 rings (SSSR count). The van der Waals surface area contributed by atoms with E-state index in [-0.39, 0.29) is 5.60 Å². The summed E-state index contributed by atoms with van der Waals surface area (Å²) in [5.41, 5.74) is 0.648. The molecule has 0 amide bonds. The minimum Gasteiger partial charge on any atom is -0.367 e. The highest BCUT2D eigenvalue weighted by atomic mass is 127. The van der Waals surface area contributed by atoms with Crippen molar-refractivity contribution in [2.24, 2.45) is 0 Å². The van der Waals surface area contributed by atoms with Crippen LogP contribution in [0.3, 0.4) is 0 Å². The third kappa shape index (κ3) is 2.58. The first-order valence-electron chi connectivity index (χ1n) is 5.81. The van der Waals surface area contributed by atoms with Gasteiger partial charge in [-0.1, -0.05) is 25.4 Å². The third-order valence-corrected chi connectivity index (χ3v) is 4.73. The summed E-state index contributed by atoms with van der Waals surface area (Å²) >= 11 is 8.40. The van der Waals surface area contributed by atoms with Crippen molar-refractivity contribution in [1.82, 2.24) is 9.97 Å². The van der Waals surface area contributed by atoms with E-state index in [0.29, 0.717) is 11.1 Å². The molecule has 0 radical (unpaired) electrons. The summed E-state index contributed by atoms with van der Waals surface area (Å²) in [5.74, 6) is 1.07. The maximum Gasteiger partial charge on any atom is 0.162 e. The Bertz CT molecular complexity index is 431. The molecule has 1 aromatic heterocycles. The summed E-state index contributed by atoms with van der Waals surface area (Å²) in [5, 5.41) is 0.538. The molecule has 0 N–H and O–H groups in total. The van der Waals surface area contributed by atoms with Crippen LogP contribution in [0.5, 0.6) is 0 Å². The van der Waals surface area contributed by atoms with Crippen molar-refractivity contribution in [3.8, 4) is 0 Å². The Morgan fingerprint density at radius 1 is 1.41 bits per heavy atom. The lowest BCUT2D eigenvalue weighted by Crippen LogP contribution is -2.24. The van der Waals surface area contributed by atoms with Gasteiger partial charge in [0.15, 0.2) is 5.82 Å². The molecule has 0 aromatic carbocycles. The number of hydrogen-bond donors (Lipinski definition) is 0. The summed E-state index contributed by atoms with van der Waals surface area (Å²) in [7, 11) is 0. The zero-order valence-corrected chi connectivity index (χ0v) is 13.2. The predicted octanol–water partition coefficient (Wildman–Crippen LogP) is 3.88. The van der Waals surface area contributed by atoms with Crippen LogP contribution in [-0.4, -0.2) is 16.6 Å².